The maximum Gasteiger partial charge on any atom is 0.330 e. The van der Waals surface area contributed by atoms with Crippen molar-refractivity contribution in [3.05, 3.63) is 54.1 Å². The molecule has 0 atom stereocenters. The van der Waals surface area contributed by atoms with Gasteiger partial charge in [0.15, 0.2) is 0 Å². The number of imidazole rings is 1. The lowest BCUT2D eigenvalue weighted by Crippen LogP contribution is -2.01. The van der Waals surface area contributed by atoms with Gasteiger partial charge in [-0.1, -0.05) is 18.2 Å². The van der Waals surface area contributed by atoms with E-state index in [1.54, 1.807) is 18.6 Å². The number of methoxy groups -OCH3 is 1. The van der Waals surface area contributed by atoms with Gasteiger partial charge in [-0.05, 0) is 17.7 Å². The molecule has 98 valence electrons. The molecule has 2 rings (SSSR count). The molecule has 5 heteroatoms. The molecule has 0 aliphatic carbocycles. The molecule has 2 aromatic rings. The molecule has 1 heterocycles. The van der Waals surface area contributed by atoms with Crippen molar-refractivity contribution in [2.24, 2.45) is 0 Å². The maximum atomic E-state index is 11.1. The van der Waals surface area contributed by atoms with Gasteiger partial charge in [-0.25, -0.2) is 9.78 Å². The van der Waals surface area contributed by atoms with Gasteiger partial charge in [0.2, 0.25) is 0 Å². The number of carbonyl (C=O) groups is 1. The Morgan fingerprint density at radius 1 is 1.47 bits per heavy atom. The lowest BCUT2D eigenvalue weighted by molar-refractivity contribution is -0.134. The number of para-hydroxylation sites is 1. The summed E-state index contributed by atoms with van der Waals surface area (Å²) >= 11 is 0. The molecule has 0 bridgehead atoms. The van der Waals surface area contributed by atoms with E-state index in [1.165, 1.54) is 13.2 Å². The van der Waals surface area contributed by atoms with Crippen molar-refractivity contribution in [1.29, 1.82) is 0 Å². The number of esters is 1. The summed E-state index contributed by atoms with van der Waals surface area (Å²) in [5, 5.41) is 3.28. The smallest absolute Gasteiger partial charge is 0.330 e. The van der Waals surface area contributed by atoms with E-state index in [2.05, 4.69) is 20.0 Å². The van der Waals surface area contributed by atoms with Gasteiger partial charge in [-0.15, -0.1) is 0 Å². The first-order chi connectivity index (χ1) is 9.29. The number of hydrogen-bond donors (Lipinski definition) is 2. The summed E-state index contributed by atoms with van der Waals surface area (Å²) in [6.45, 7) is 0.642. The Morgan fingerprint density at radius 3 is 3.05 bits per heavy atom. The van der Waals surface area contributed by atoms with Crippen LogP contribution in [0.4, 0.5) is 5.69 Å². The Labute approximate surface area is 111 Å². The third-order valence-electron chi connectivity index (χ3n) is 2.59. The minimum atomic E-state index is -0.372. The first-order valence-electron chi connectivity index (χ1n) is 5.86. The second kappa shape index (κ2) is 6.39. The van der Waals surface area contributed by atoms with Crippen LogP contribution >= 0.6 is 0 Å². The minimum absolute atomic E-state index is 0.372. The molecule has 19 heavy (non-hydrogen) atoms. The van der Waals surface area contributed by atoms with Gasteiger partial charge >= 0.3 is 5.97 Å². The van der Waals surface area contributed by atoms with Crippen LogP contribution in [0.1, 0.15) is 11.3 Å². The largest absolute Gasteiger partial charge is 0.466 e. The van der Waals surface area contributed by atoms with Crippen LogP contribution < -0.4 is 5.32 Å². The molecule has 0 amide bonds. The molecule has 0 saturated heterocycles. The number of rotatable bonds is 5. The van der Waals surface area contributed by atoms with E-state index in [4.69, 9.17) is 0 Å². The Bertz CT molecular complexity index is 562. The fourth-order valence-corrected chi connectivity index (χ4v) is 1.60. The normalized spacial score (nSPS) is 10.6. The fraction of sp³-hybridized carbons (Fsp3) is 0.143. The summed E-state index contributed by atoms with van der Waals surface area (Å²) in [5.74, 6) is -0.372. The molecule has 1 aromatic heterocycles. The molecule has 0 saturated carbocycles. The zero-order valence-corrected chi connectivity index (χ0v) is 10.6. The second-order valence-electron chi connectivity index (χ2n) is 3.87. The molecular weight excluding hydrogens is 242 g/mol. The fourth-order valence-electron chi connectivity index (χ4n) is 1.60. The zero-order chi connectivity index (χ0) is 13.5. The van der Waals surface area contributed by atoms with Crippen LogP contribution in [0.25, 0.3) is 6.08 Å². The third-order valence-corrected chi connectivity index (χ3v) is 2.59. The second-order valence-corrected chi connectivity index (χ2v) is 3.87. The van der Waals surface area contributed by atoms with Gasteiger partial charge in [0, 0.05) is 18.0 Å². The van der Waals surface area contributed by atoms with Crippen LogP contribution in [0.5, 0.6) is 0 Å². The molecule has 0 aliphatic heterocycles. The van der Waals surface area contributed by atoms with Crippen molar-refractivity contribution in [2.75, 3.05) is 12.4 Å². The van der Waals surface area contributed by atoms with Crippen molar-refractivity contribution in [1.82, 2.24) is 9.97 Å². The predicted octanol–water partition coefficient (Wildman–Crippen LogP) is 2.21. The topological polar surface area (TPSA) is 67.0 Å². The summed E-state index contributed by atoms with van der Waals surface area (Å²) in [7, 11) is 1.36. The summed E-state index contributed by atoms with van der Waals surface area (Å²) in [4.78, 5) is 18.1. The highest BCUT2D eigenvalue weighted by molar-refractivity contribution is 5.88. The lowest BCUT2D eigenvalue weighted by atomic mass is 10.1. The number of anilines is 1. The average Bonchev–Trinajstić information content (AvgIpc) is 2.96. The summed E-state index contributed by atoms with van der Waals surface area (Å²) in [6, 6.07) is 7.73. The van der Waals surface area contributed by atoms with Gasteiger partial charge in [0.25, 0.3) is 0 Å². The summed E-state index contributed by atoms with van der Waals surface area (Å²) in [6.07, 6.45) is 6.53. The van der Waals surface area contributed by atoms with Gasteiger partial charge in [-0.3, -0.25) is 0 Å². The molecule has 0 radical (unpaired) electrons. The number of ether oxygens (including phenoxy) is 1. The van der Waals surface area contributed by atoms with Crippen molar-refractivity contribution in [3.8, 4) is 0 Å². The number of H-pyrrole nitrogens is 1. The van der Waals surface area contributed by atoms with Crippen LogP contribution in [-0.4, -0.2) is 23.0 Å². The average molecular weight is 257 g/mol. The van der Waals surface area contributed by atoms with Crippen LogP contribution in [0.2, 0.25) is 0 Å². The first-order valence-corrected chi connectivity index (χ1v) is 5.86. The summed E-state index contributed by atoms with van der Waals surface area (Å²) < 4.78 is 4.57. The number of benzene rings is 1. The van der Waals surface area contributed by atoms with Crippen LogP contribution in [0.15, 0.2) is 42.9 Å². The highest BCUT2D eigenvalue weighted by Gasteiger charge is 2.00. The monoisotopic (exact) mass is 257 g/mol. The number of aromatic nitrogens is 2. The van der Waals surface area contributed by atoms with E-state index >= 15 is 0 Å². The predicted molar refractivity (Wildman–Crippen MR) is 73.4 cm³/mol. The van der Waals surface area contributed by atoms with E-state index in [1.807, 2.05) is 24.3 Å². The molecule has 5 nitrogen and oxygen atoms in total. The highest BCUT2D eigenvalue weighted by atomic mass is 16.5. The number of carbonyl (C=O) groups excluding carboxylic acids is 1. The van der Waals surface area contributed by atoms with E-state index in [9.17, 15) is 4.79 Å². The highest BCUT2D eigenvalue weighted by Crippen LogP contribution is 2.17. The Hall–Kier alpha value is -2.56. The Balaban J connectivity index is 2.07. The van der Waals surface area contributed by atoms with Crippen molar-refractivity contribution >= 4 is 17.7 Å². The maximum absolute atomic E-state index is 11.1. The third kappa shape index (κ3) is 3.70. The number of nitrogens with one attached hydrogen (secondary N) is 2. The van der Waals surface area contributed by atoms with Crippen LogP contribution in [0.3, 0.4) is 0 Å². The molecule has 2 N–H and O–H groups in total. The van der Waals surface area contributed by atoms with E-state index < -0.39 is 0 Å². The van der Waals surface area contributed by atoms with Gasteiger partial charge < -0.3 is 15.0 Å². The lowest BCUT2D eigenvalue weighted by Gasteiger charge is -2.08. The van der Waals surface area contributed by atoms with Crippen LogP contribution in [0, 0.1) is 0 Å². The molecular formula is C14H15N3O2. The van der Waals surface area contributed by atoms with Gasteiger partial charge in [0.1, 0.15) is 0 Å². The van der Waals surface area contributed by atoms with E-state index in [0.29, 0.717) is 6.54 Å². The summed E-state index contributed by atoms with van der Waals surface area (Å²) in [5.41, 5.74) is 2.86. The molecule has 0 aliphatic rings. The van der Waals surface area contributed by atoms with Crippen molar-refractivity contribution < 1.29 is 9.53 Å². The SMILES string of the molecule is COC(=O)/C=C/c1ccccc1NCc1cnc[nH]1. The number of nitrogens with zero attached hydrogens (tertiary/aromatic N) is 1. The van der Waals surface area contributed by atoms with Crippen molar-refractivity contribution in [3.63, 3.8) is 0 Å². The van der Waals surface area contributed by atoms with Crippen LogP contribution in [-0.2, 0) is 16.1 Å². The first kappa shape index (κ1) is 12.9. The zero-order valence-electron chi connectivity index (χ0n) is 10.6. The van der Waals surface area contributed by atoms with Gasteiger partial charge in [-0.2, -0.15) is 0 Å². The number of aromatic amines is 1. The molecule has 0 spiro atoms. The Morgan fingerprint density at radius 2 is 2.32 bits per heavy atom. The molecule has 0 fully saturated rings. The molecule has 0 unspecified atom stereocenters. The minimum Gasteiger partial charge on any atom is -0.466 e. The van der Waals surface area contributed by atoms with E-state index in [0.717, 1.165) is 16.9 Å². The van der Waals surface area contributed by atoms with Gasteiger partial charge in [0.05, 0.1) is 25.7 Å². The Kier molecular flexibility index (Phi) is 4.34. The molecule has 1 aromatic carbocycles. The van der Waals surface area contributed by atoms with Crippen molar-refractivity contribution in [2.45, 2.75) is 6.54 Å². The number of hydrogen-bond acceptors (Lipinski definition) is 4. The standard InChI is InChI=1S/C14H15N3O2/c1-19-14(18)7-6-11-4-2-3-5-13(11)16-9-12-8-15-10-17-12/h2-8,10,16H,9H2,1H3,(H,15,17)/b7-6+. The quantitative estimate of drug-likeness (QED) is 0.636. The van der Waals surface area contributed by atoms with E-state index in [-0.39, 0.29) is 5.97 Å².